The summed E-state index contributed by atoms with van der Waals surface area (Å²) in [5.74, 6) is -0.357. The summed E-state index contributed by atoms with van der Waals surface area (Å²) in [5, 5.41) is 0. The number of carbonyl (C=O) groups is 1. The molecule has 0 rings (SSSR count). The lowest BCUT2D eigenvalue weighted by Crippen LogP contribution is -2.43. The predicted molar refractivity (Wildman–Crippen MR) is 52.4 cm³/mol. The molecule has 2 nitrogen and oxygen atoms in total. The SMILES string of the molecule is CC(C)CC(=O)N(CC(F)(F)F)C(C)C. The van der Waals surface area contributed by atoms with Gasteiger partial charge >= 0.3 is 6.18 Å². The van der Waals surface area contributed by atoms with Gasteiger partial charge in [-0.2, -0.15) is 13.2 Å². The Morgan fingerprint density at radius 3 is 1.93 bits per heavy atom. The molecule has 0 aromatic rings. The summed E-state index contributed by atoms with van der Waals surface area (Å²) in [4.78, 5) is 12.4. The summed E-state index contributed by atoms with van der Waals surface area (Å²) in [5.41, 5.74) is 0. The Kier molecular flexibility index (Phi) is 5.11. The molecule has 0 bridgehead atoms. The standard InChI is InChI=1S/C10H18F3NO/c1-7(2)5-9(15)14(8(3)4)6-10(11,12)13/h7-8H,5-6H2,1-4H3. The first-order valence-corrected chi connectivity index (χ1v) is 4.99. The highest BCUT2D eigenvalue weighted by molar-refractivity contribution is 5.76. The van der Waals surface area contributed by atoms with Crippen LogP contribution in [0.5, 0.6) is 0 Å². The topological polar surface area (TPSA) is 20.3 Å². The van der Waals surface area contributed by atoms with E-state index in [2.05, 4.69) is 0 Å². The maximum Gasteiger partial charge on any atom is 0.406 e. The van der Waals surface area contributed by atoms with Crippen molar-refractivity contribution in [1.82, 2.24) is 4.90 Å². The fraction of sp³-hybridized carbons (Fsp3) is 0.900. The fourth-order valence-electron chi connectivity index (χ4n) is 1.22. The van der Waals surface area contributed by atoms with E-state index in [0.717, 1.165) is 4.90 Å². The Morgan fingerprint density at radius 2 is 1.67 bits per heavy atom. The van der Waals surface area contributed by atoms with Crippen molar-refractivity contribution in [2.75, 3.05) is 6.54 Å². The molecule has 0 fully saturated rings. The second kappa shape index (κ2) is 5.37. The number of rotatable bonds is 4. The van der Waals surface area contributed by atoms with Crippen LogP contribution in [0.25, 0.3) is 0 Å². The molecular weight excluding hydrogens is 207 g/mol. The zero-order valence-electron chi connectivity index (χ0n) is 9.56. The number of carbonyl (C=O) groups excluding carboxylic acids is 1. The van der Waals surface area contributed by atoms with Crippen molar-refractivity contribution >= 4 is 5.91 Å². The highest BCUT2D eigenvalue weighted by atomic mass is 19.4. The molecule has 0 N–H and O–H groups in total. The molecule has 0 atom stereocenters. The molecule has 5 heteroatoms. The van der Waals surface area contributed by atoms with Crippen LogP contribution in [0.2, 0.25) is 0 Å². The van der Waals surface area contributed by atoms with Gasteiger partial charge in [0.15, 0.2) is 0 Å². The Balaban J connectivity index is 4.46. The number of hydrogen-bond acceptors (Lipinski definition) is 1. The van der Waals surface area contributed by atoms with Crippen LogP contribution in [0.3, 0.4) is 0 Å². The molecular formula is C10H18F3NO. The largest absolute Gasteiger partial charge is 0.406 e. The van der Waals surface area contributed by atoms with Gasteiger partial charge in [0.05, 0.1) is 0 Å². The molecule has 0 aliphatic rings. The van der Waals surface area contributed by atoms with Gasteiger partial charge in [-0.1, -0.05) is 13.8 Å². The first kappa shape index (κ1) is 14.3. The van der Waals surface area contributed by atoms with Gasteiger partial charge in [-0.25, -0.2) is 0 Å². The maximum absolute atomic E-state index is 12.2. The quantitative estimate of drug-likeness (QED) is 0.720. The van der Waals surface area contributed by atoms with Crippen LogP contribution in [0.15, 0.2) is 0 Å². The van der Waals surface area contributed by atoms with Gasteiger partial charge in [0.25, 0.3) is 0 Å². The number of nitrogens with zero attached hydrogens (tertiary/aromatic N) is 1. The summed E-state index contributed by atoms with van der Waals surface area (Å²) >= 11 is 0. The van der Waals surface area contributed by atoms with E-state index < -0.39 is 24.7 Å². The van der Waals surface area contributed by atoms with E-state index in [9.17, 15) is 18.0 Å². The van der Waals surface area contributed by atoms with E-state index in [-0.39, 0.29) is 12.3 Å². The Morgan fingerprint density at radius 1 is 1.20 bits per heavy atom. The minimum Gasteiger partial charge on any atom is -0.331 e. The van der Waals surface area contributed by atoms with Gasteiger partial charge in [-0.05, 0) is 19.8 Å². The Bertz CT molecular complexity index is 211. The molecule has 0 unspecified atom stereocenters. The predicted octanol–water partition coefficient (Wildman–Crippen LogP) is 2.83. The van der Waals surface area contributed by atoms with E-state index in [1.54, 1.807) is 13.8 Å². The molecule has 0 aromatic carbocycles. The zero-order chi connectivity index (χ0) is 12.2. The van der Waals surface area contributed by atoms with E-state index in [4.69, 9.17) is 0 Å². The summed E-state index contributed by atoms with van der Waals surface area (Å²) in [6.07, 6.45) is -4.16. The lowest BCUT2D eigenvalue weighted by atomic mass is 10.1. The van der Waals surface area contributed by atoms with Crippen LogP contribution in [0.1, 0.15) is 34.1 Å². The second-order valence-electron chi connectivity index (χ2n) is 4.33. The molecule has 0 saturated carbocycles. The molecule has 0 spiro atoms. The van der Waals surface area contributed by atoms with Crippen molar-refractivity contribution in [2.24, 2.45) is 5.92 Å². The molecule has 0 heterocycles. The molecule has 1 amide bonds. The molecule has 0 aliphatic carbocycles. The third-order valence-electron chi connectivity index (χ3n) is 1.88. The second-order valence-corrected chi connectivity index (χ2v) is 4.33. The van der Waals surface area contributed by atoms with Gasteiger partial charge in [-0.3, -0.25) is 4.79 Å². The number of amides is 1. The Hall–Kier alpha value is -0.740. The number of halogens is 3. The fourth-order valence-corrected chi connectivity index (χ4v) is 1.22. The van der Waals surface area contributed by atoms with Crippen molar-refractivity contribution in [2.45, 2.75) is 46.3 Å². The molecule has 0 aromatic heterocycles. The first-order valence-electron chi connectivity index (χ1n) is 4.99. The summed E-state index contributed by atoms with van der Waals surface area (Å²) in [6, 6.07) is -0.419. The van der Waals surface area contributed by atoms with E-state index in [0.29, 0.717) is 0 Å². The average Bonchev–Trinajstić information content (AvgIpc) is 1.96. The zero-order valence-corrected chi connectivity index (χ0v) is 9.56. The minimum absolute atomic E-state index is 0.0759. The van der Waals surface area contributed by atoms with Crippen molar-refractivity contribution in [1.29, 1.82) is 0 Å². The van der Waals surface area contributed by atoms with Crippen LogP contribution in [-0.4, -0.2) is 29.6 Å². The number of hydrogen-bond donors (Lipinski definition) is 0. The summed E-state index contributed by atoms with van der Waals surface area (Å²) in [7, 11) is 0. The summed E-state index contributed by atoms with van der Waals surface area (Å²) < 4.78 is 36.5. The third-order valence-corrected chi connectivity index (χ3v) is 1.88. The molecule has 0 aliphatic heterocycles. The molecule has 90 valence electrons. The third kappa shape index (κ3) is 6.36. The van der Waals surface area contributed by atoms with Crippen molar-refractivity contribution < 1.29 is 18.0 Å². The van der Waals surface area contributed by atoms with Crippen LogP contribution in [-0.2, 0) is 4.79 Å². The highest BCUT2D eigenvalue weighted by Gasteiger charge is 2.34. The average molecular weight is 225 g/mol. The van der Waals surface area contributed by atoms with Crippen molar-refractivity contribution in [3.8, 4) is 0 Å². The van der Waals surface area contributed by atoms with Crippen LogP contribution in [0, 0.1) is 5.92 Å². The van der Waals surface area contributed by atoms with Gasteiger partial charge in [0.2, 0.25) is 5.91 Å². The van der Waals surface area contributed by atoms with Gasteiger partial charge in [0, 0.05) is 12.5 Å². The van der Waals surface area contributed by atoms with E-state index in [1.807, 2.05) is 13.8 Å². The van der Waals surface area contributed by atoms with Crippen LogP contribution in [0.4, 0.5) is 13.2 Å². The molecule has 0 saturated heterocycles. The van der Waals surface area contributed by atoms with E-state index >= 15 is 0 Å². The van der Waals surface area contributed by atoms with Crippen LogP contribution >= 0.6 is 0 Å². The summed E-state index contributed by atoms with van der Waals surface area (Å²) in [6.45, 7) is 5.64. The molecule has 0 radical (unpaired) electrons. The van der Waals surface area contributed by atoms with Crippen LogP contribution < -0.4 is 0 Å². The number of alkyl halides is 3. The maximum atomic E-state index is 12.2. The highest BCUT2D eigenvalue weighted by Crippen LogP contribution is 2.19. The molecule has 15 heavy (non-hydrogen) atoms. The Labute approximate surface area is 88.4 Å². The lowest BCUT2D eigenvalue weighted by Gasteiger charge is -2.28. The minimum atomic E-state index is -4.32. The smallest absolute Gasteiger partial charge is 0.331 e. The van der Waals surface area contributed by atoms with Crippen molar-refractivity contribution in [3.63, 3.8) is 0 Å². The van der Waals surface area contributed by atoms with Crippen molar-refractivity contribution in [3.05, 3.63) is 0 Å². The van der Waals surface area contributed by atoms with Gasteiger partial charge < -0.3 is 4.90 Å². The monoisotopic (exact) mass is 225 g/mol. The lowest BCUT2D eigenvalue weighted by molar-refractivity contribution is -0.165. The van der Waals surface area contributed by atoms with Gasteiger partial charge in [0.1, 0.15) is 6.54 Å². The van der Waals surface area contributed by atoms with E-state index in [1.165, 1.54) is 0 Å². The first-order chi connectivity index (χ1) is 6.63. The normalized spacial score (nSPS) is 12.3. The van der Waals surface area contributed by atoms with Gasteiger partial charge in [-0.15, -0.1) is 0 Å².